The van der Waals surface area contributed by atoms with Gasteiger partial charge in [0.15, 0.2) is 17.4 Å². The van der Waals surface area contributed by atoms with Gasteiger partial charge in [0.1, 0.15) is 0 Å². The number of halogens is 3. The molecule has 0 amide bonds. The van der Waals surface area contributed by atoms with Gasteiger partial charge in [-0.1, -0.05) is 72.3 Å². The average molecular weight is 567 g/mol. The molecule has 1 heterocycles. The highest BCUT2D eigenvalue weighted by atomic mass is 35.5. The van der Waals surface area contributed by atoms with Crippen LogP contribution in [0.1, 0.15) is 48.1 Å². The maximum absolute atomic E-state index is 14.5. The third kappa shape index (κ3) is 6.47. The predicted molar refractivity (Wildman–Crippen MR) is 153 cm³/mol. The Labute approximate surface area is 238 Å². The summed E-state index contributed by atoms with van der Waals surface area (Å²) in [6.45, 7) is 3.55. The van der Waals surface area contributed by atoms with Crippen LogP contribution in [0.5, 0.6) is 5.75 Å². The van der Waals surface area contributed by atoms with E-state index in [0.29, 0.717) is 36.8 Å². The molecular formula is C33H33ClF2O4. The predicted octanol–water partition coefficient (Wildman–Crippen LogP) is 8.21. The number of fused-ring (bicyclic) bond motifs is 1. The maximum atomic E-state index is 14.5. The van der Waals surface area contributed by atoms with Gasteiger partial charge in [0.25, 0.3) is 0 Å². The smallest absolute Gasteiger partial charge is 0.190 e. The standard InChI is InChI=1S/C33H33ClF2O4/c1-3-39-24-17-25(20-38-19-21-9-5-4-6-10-21)40-31(18-24)28-16-23(32(34)27-12-8-7-11-26(27)28)13-22-14-29(35)33(37-2)30(36)15-22/h4-12,14-16,24-25,31H,3,13,17-20H2,1-2H3. The molecule has 1 saturated heterocycles. The highest BCUT2D eigenvalue weighted by molar-refractivity contribution is 6.36. The van der Waals surface area contributed by atoms with Crippen molar-refractivity contribution in [2.75, 3.05) is 20.3 Å². The molecule has 3 unspecified atom stereocenters. The topological polar surface area (TPSA) is 36.9 Å². The van der Waals surface area contributed by atoms with Crippen molar-refractivity contribution in [1.82, 2.24) is 0 Å². The lowest BCUT2D eigenvalue weighted by molar-refractivity contribution is -0.137. The van der Waals surface area contributed by atoms with Gasteiger partial charge in [-0.2, -0.15) is 0 Å². The number of hydrogen-bond acceptors (Lipinski definition) is 4. The first-order valence-corrected chi connectivity index (χ1v) is 13.9. The monoisotopic (exact) mass is 566 g/mol. The Morgan fingerprint density at radius 1 is 0.900 bits per heavy atom. The van der Waals surface area contributed by atoms with E-state index in [0.717, 1.165) is 33.9 Å². The van der Waals surface area contributed by atoms with Gasteiger partial charge in [0.05, 0.1) is 43.7 Å². The van der Waals surface area contributed by atoms with Crippen LogP contribution in [0, 0.1) is 11.6 Å². The molecule has 0 saturated carbocycles. The summed E-state index contributed by atoms with van der Waals surface area (Å²) in [5, 5.41) is 2.40. The van der Waals surface area contributed by atoms with Gasteiger partial charge in [-0.25, -0.2) is 8.78 Å². The van der Waals surface area contributed by atoms with Gasteiger partial charge in [-0.15, -0.1) is 0 Å². The van der Waals surface area contributed by atoms with Crippen LogP contribution in [0.2, 0.25) is 5.02 Å². The molecule has 3 atom stereocenters. The highest BCUT2D eigenvalue weighted by Gasteiger charge is 2.32. The zero-order chi connectivity index (χ0) is 28.1. The SMILES string of the molecule is CCOC1CC(COCc2ccccc2)OC(c2cc(Cc3cc(F)c(OC)c(F)c3)c(Cl)c3ccccc23)C1. The van der Waals surface area contributed by atoms with Crippen LogP contribution < -0.4 is 4.74 Å². The lowest BCUT2D eigenvalue weighted by Crippen LogP contribution is -2.36. The molecule has 210 valence electrons. The molecule has 0 radical (unpaired) electrons. The van der Waals surface area contributed by atoms with E-state index in [1.807, 2.05) is 67.6 Å². The molecule has 0 aliphatic carbocycles. The van der Waals surface area contributed by atoms with E-state index >= 15 is 0 Å². The number of hydrogen-bond donors (Lipinski definition) is 0. The Hall–Kier alpha value is -3.03. The summed E-state index contributed by atoms with van der Waals surface area (Å²) in [6.07, 6.45) is 1.26. The summed E-state index contributed by atoms with van der Waals surface area (Å²) >= 11 is 6.88. The molecule has 1 fully saturated rings. The second kappa shape index (κ2) is 13.1. The number of benzene rings is 4. The van der Waals surface area contributed by atoms with Gasteiger partial charge in [-0.05, 0) is 53.1 Å². The molecule has 0 bridgehead atoms. The molecule has 40 heavy (non-hydrogen) atoms. The summed E-state index contributed by atoms with van der Waals surface area (Å²) in [6, 6.07) is 22.5. The number of methoxy groups -OCH3 is 1. The Morgan fingerprint density at radius 2 is 1.60 bits per heavy atom. The Kier molecular flexibility index (Phi) is 9.33. The van der Waals surface area contributed by atoms with E-state index < -0.39 is 17.4 Å². The van der Waals surface area contributed by atoms with E-state index in [-0.39, 0.29) is 24.7 Å². The second-order valence-corrected chi connectivity index (χ2v) is 10.4. The first-order valence-electron chi connectivity index (χ1n) is 13.6. The summed E-state index contributed by atoms with van der Waals surface area (Å²) in [5.41, 5.74) is 3.30. The van der Waals surface area contributed by atoms with Gasteiger partial charge < -0.3 is 18.9 Å². The zero-order valence-corrected chi connectivity index (χ0v) is 23.4. The van der Waals surface area contributed by atoms with Crippen LogP contribution in [0.3, 0.4) is 0 Å². The van der Waals surface area contributed by atoms with Crippen molar-refractivity contribution >= 4 is 22.4 Å². The van der Waals surface area contributed by atoms with Crippen LogP contribution in [-0.2, 0) is 27.2 Å². The molecule has 1 aliphatic rings. The summed E-state index contributed by atoms with van der Waals surface area (Å²) in [5.74, 6) is -1.89. The van der Waals surface area contributed by atoms with Crippen molar-refractivity contribution in [3.63, 3.8) is 0 Å². The fourth-order valence-electron chi connectivity index (χ4n) is 5.49. The summed E-state index contributed by atoms with van der Waals surface area (Å²) in [4.78, 5) is 0. The minimum Gasteiger partial charge on any atom is -0.491 e. The zero-order valence-electron chi connectivity index (χ0n) is 22.7. The Bertz CT molecular complexity index is 1420. The molecule has 1 aliphatic heterocycles. The van der Waals surface area contributed by atoms with E-state index in [1.54, 1.807) is 0 Å². The van der Waals surface area contributed by atoms with Crippen LogP contribution in [0.15, 0.2) is 72.8 Å². The van der Waals surface area contributed by atoms with E-state index in [9.17, 15) is 8.78 Å². The van der Waals surface area contributed by atoms with Crippen molar-refractivity contribution in [3.05, 3.63) is 112 Å². The molecule has 7 heteroatoms. The van der Waals surface area contributed by atoms with Gasteiger partial charge in [-0.3, -0.25) is 0 Å². The van der Waals surface area contributed by atoms with Crippen LogP contribution >= 0.6 is 11.6 Å². The van der Waals surface area contributed by atoms with Crippen LogP contribution in [-0.4, -0.2) is 32.5 Å². The summed E-state index contributed by atoms with van der Waals surface area (Å²) in [7, 11) is 1.24. The van der Waals surface area contributed by atoms with Crippen LogP contribution in [0.4, 0.5) is 8.78 Å². The summed E-state index contributed by atoms with van der Waals surface area (Å²) < 4.78 is 52.5. The average Bonchev–Trinajstić information content (AvgIpc) is 2.95. The van der Waals surface area contributed by atoms with Crippen molar-refractivity contribution in [1.29, 1.82) is 0 Å². The molecule has 0 aromatic heterocycles. The lowest BCUT2D eigenvalue weighted by Gasteiger charge is -2.36. The molecule has 4 aromatic carbocycles. The number of ether oxygens (including phenoxy) is 4. The molecule has 4 aromatic rings. The van der Waals surface area contributed by atoms with Crippen molar-refractivity contribution in [2.45, 2.75) is 51.1 Å². The molecule has 4 nitrogen and oxygen atoms in total. The first-order chi connectivity index (χ1) is 19.5. The Morgan fingerprint density at radius 3 is 2.30 bits per heavy atom. The normalized spacial score (nSPS) is 19.2. The van der Waals surface area contributed by atoms with E-state index in [2.05, 4.69) is 0 Å². The van der Waals surface area contributed by atoms with Gasteiger partial charge in [0.2, 0.25) is 0 Å². The largest absolute Gasteiger partial charge is 0.491 e. The number of rotatable bonds is 10. The first kappa shape index (κ1) is 28.5. The molecule has 0 N–H and O–H groups in total. The van der Waals surface area contributed by atoms with E-state index in [4.69, 9.17) is 30.5 Å². The molecular weight excluding hydrogens is 534 g/mol. The minimum absolute atomic E-state index is 0.0109. The minimum atomic E-state index is -0.747. The lowest BCUT2D eigenvalue weighted by atomic mass is 9.89. The van der Waals surface area contributed by atoms with Crippen LogP contribution in [0.25, 0.3) is 10.8 Å². The fraction of sp³-hybridized carbons (Fsp3) is 0.333. The highest BCUT2D eigenvalue weighted by Crippen LogP contribution is 2.40. The maximum Gasteiger partial charge on any atom is 0.190 e. The van der Waals surface area contributed by atoms with Crippen molar-refractivity contribution in [2.24, 2.45) is 0 Å². The fourth-order valence-corrected chi connectivity index (χ4v) is 5.77. The third-order valence-corrected chi connectivity index (χ3v) is 7.71. The van der Waals surface area contributed by atoms with Gasteiger partial charge in [0, 0.05) is 24.8 Å². The van der Waals surface area contributed by atoms with E-state index in [1.165, 1.54) is 19.2 Å². The quantitative estimate of drug-likeness (QED) is 0.194. The van der Waals surface area contributed by atoms with Crippen molar-refractivity contribution < 1.29 is 27.7 Å². The van der Waals surface area contributed by atoms with Crippen molar-refractivity contribution in [3.8, 4) is 5.75 Å². The second-order valence-electron chi connectivity index (χ2n) is 10.1. The Balaban J connectivity index is 1.44. The molecule has 0 spiro atoms. The molecule has 5 rings (SSSR count). The third-order valence-electron chi connectivity index (χ3n) is 7.27. The van der Waals surface area contributed by atoms with Gasteiger partial charge >= 0.3 is 0 Å².